The lowest BCUT2D eigenvalue weighted by Crippen LogP contribution is -2.50. The molecule has 3 amide bonds. The smallest absolute Gasteiger partial charge is 0.408 e. The Labute approximate surface area is 149 Å². The van der Waals surface area contributed by atoms with Gasteiger partial charge in [-0.15, -0.1) is 0 Å². The molecule has 25 heavy (non-hydrogen) atoms. The van der Waals surface area contributed by atoms with Crippen LogP contribution in [0.1, 0.15) is 46.6 Å². The van der Waals surface area contributed by atoms with Crippen molar-refractivity contribution in [3.8, 4) is 0 Å². The molecule has 6 heteroatoms. The van der Waals surface area contributed by atoms with Crippen molar-refractivity contribution in [2.24, 2.45) is 5.92 Å². The van der Waals surface area contributed by atoms with Gasteiger partial charge in [-0.2, -0.15) is 0 Å². The minimum absolute atomic E-state index is 0.105. The molecule has 1 rings (SSSR count). The van der Waals surface area contributed by atoms with E-state index in [9.17, 15) is 14.4 Å². The van der Waals surface area contributed by atoms with Crippen molar-refractivity contribution in [2.45, 2.75) is 59.1 Å². The van der Waals surface area contributed by atoms with Crippen molar-refractivity contribution < 1.29 is 19.1 Å². The van der Waals surface area contributed by atoms with E-state index in [0.29, 0.717) is 6.42 Å². The van der Waals surface area contributed by atoms with E-state index in [4.69, 9.17) is 4.74 Å². The fraction of sp³-hybridized carbons (Fsp3) is 0.526. The van der Waals surface area contributed by atoms with Crippen LogP contribution >= 0.6 is 0 Å². The second-order valence-corrected chi connectivity index (χ2v) is 7.40. The van der Waals surface area contributed by atoms with E-state index in [1.165, 1.54) is 0 Å². The summed E-state index contributed by atoms with van der Waals surface area (Å²) in [5.41, 5.74) is 0.153. The lowest BCUT2D eigenvalue weighted by atomic mass is 10.0. The van der Waals surface area contributed by atoms with Crippen LogP contribution in [0.4, 0.5) is 4.79 Å². The Balaban J connectivity index is 2.66. The second kappa shape index (κ2) is 9.20. The highest BCUT2D eigenvalue weighted by Gasteiger charge is 2.26. The zero-order valence-electron chi connectivity index (χ0n) is 15.6. The SMILES string of the molecule is CC(C)CC(NC(=O)OC(C)(C)C)C(=O)NC(=O)Cc1ccccc1. The lowest BCUT2D eigenvalue weighted by Gasteiger charge is -2.24. The predicted molar refractivity (Wildman–Crippen MR) is 95.9 cm³/mol. The van der Waals surface area contributed by atoms with Crippen LogP contribution < -0.4 is 10.6 Å². The van der Waals surface area contributed by atoms with Gasteiger partial charge in [-0.1, -0.05) is 44.2 Å². The summed E-state index contributed by atoms with van der Waals surface area (Å²) >= 11 is 0. The standard InChI is InChI=1S/C19H28N2O4/c1-13(2)11-15(20-18(24)25-19(3,4)5)17(23)21-16(22)12-14-9-7-6-8-10-14/h6-10,13,15H,11-12H2,1-5H3,(H,20,24)(H,21,22,23). The van der Waals surface area contributed by atoms with Crippen LogP contribution in [0.15, 0.2) is 30.3 Å². The van der Waals surface area contributed by atoms with Crippen molar-refractivity contribution in [1.29, 1.82) is 0 Å². The quantitative estimate of drug-likeness (QED) is 0.828. The minimum atomic E-state index is -0.824. The molecule has 0 fully saturated rings. The van der Waals surface area contributed by atoms with Crippen molar-refractivity contribution in [3.05, 3.63) is 35.9 Å². The van der Waals surface area contributed by atoms with Gasteiger partial charge in [-0.3, -0.25) is 14.9 Å². The number of alkyl carbamates (subject to hydrolysis) is 1. The number of carbonyl (C=O) groups is 3. The van der Waals surface area contributed by atoms with Crippen molar-refractivity contribution in [3.63, 3.8) is 0 Å². The first-order chi connectivity index (χ1) is 11.6. The number of carbonyl (C=O) groups excluding carboxylic acids is 3. The van der Waals surface area contributed by atoms with E-state index in [2.05, 4.69) is 10.6 Å². The van der Waals surface area contributed by atoms with Gasteiger partial charge in [-0.25, -0.2) is 4.79 Å². The van der Waals surface area contributed by atoms with Crippen LogP contribution in [0.25, 0.3) is 0 Å². The van der Waals surface area contributed by atoms with Crippen LogP contribution in [0.3, 0.4) is 0 Å². The third kappa shape index (κ3) is 8.88. The molecule has 0 aliphatic carbocycles. The summed E-state index contributed by atoms with van der Waals surface area (Å²) in [6, 6.07) is 8.32. The molecular weight excluding hydrogens is 320 g/mol. The summed E-state index contributed by atoms with van der Waals surface area (Å²) in [4.78, 5) is 36.4. The van der Waals surface area contributed by atoms with Gasteiger partial charge in [-0.05, 0) is 38.7 Å². The molecular formula is C19H28N2O4. The second-order valence-electron chi connectivity index (χ2n) is 7.40. The summed E-state index contributed by atoms with van der Waals surface area (Å²) in [6.45, 7) is 9.10. The molecule has 6 nitrogen and oxygen atoms in total. The Morgan fingerprint density at radius 3 is 2.20 bits per heavy atom. The molecule has 0 saturated heterocycles. The molecule has 0 aliphatic heterocycles. The number of hydrogen-bond donors (Lipinski definition) is 2. The summed E-state index contributed by atoms with van der Waals surface area (Å²) in [5, 5.41) is 4.90. The van der Waals surface area contributed by atoms with E-state index in [-0.39, 0.29) is 12.3 Å². The van der Waals surface area contributed by atoms with Crippen LogP contribution in [-0.4, -0.2) is 29.6 Å². The molecule has 0 heterocycles. The van der Waals surface area contributed by atoms with Gasteiger partial charge >= 0.3 is 6.09 Å². The molecule has 1 unspecified atom stereocenters. The highest BCUT2D eigenvalue weighted by Crippen LogP contribution is 2.10. The van der Waals surface area contributed by atoms with Crippen molar-refractivity contribution in [2.75, 3.05) is 0 Å². The fourth-order valence-electron chi connectivity index (χ4n) is 2.20. The van der Waals surface area contributed by atoms with E-state index in [1.54, 1.807) is 20.8 Å². The molecule has 138 valence electrons. The summed E-state index contributed by atoms with van der Waals surface area (Å²) in [5.74, 6) is -0.772. The molecule has 0 saturated carbocycles. The summed E-state index contributed by atoms with van der Waals surface area (Å²) < 4.78 is 5.19. The number of nitrogens with one attached hydrogen (secondary N) is 2. The van der Waals surface area contributed by atoms with E-state index < -0.39 is 29.6 Å². The maximum Gasteiger partial charge on any atom is 0.408 e. The maximum absolute atomic E-state index is 12.4. The number of imide groups is 1. The molecule has 0 spiro atoms. The normalized spacial score (nSPS) is 12.4. The molecule has 1 aromatic rings. The lowest BCUT2D eigenvalue weighted by molar-refractivity contribution is -0.131. The topological polar surface area (TPSA) is 84.5 Å². The summed E-state index contributed by atoms with van der Waals surface area (Å²) in [7, 11) is 0. The Kier molecular flexibility index (Phi) is 7.61. The number of hydrogen-bond acceptors (Lipinski definition) is 4. The monoisotopic (exact) mass is 348 g/mol. The molecule has 0 aromatic heterocycles. The van der Waals surface area contributed by atoms with Crippen molar-refractivity contribution in [1.82, 2.24) is 10.6 Å². The van der Waals surface area contributed by atoms with Crippen molar-refractivity contribution >= 4 is 17.9 Å². The first-order valence-corrected chi connectivity index (χ1v) is 8.44. The van der Waals surface area contributed by atoms with Gasteiger partial charge in [0.2, 0.25) is 11.8 Å². The summed E-state index contributed by atoms with van der Waals surface area (Å²) in [6.07, 6.45) is -0.166. The zero-order valence-corrected chi connectivity index (χ0v) is 15.6. The number of benzene rings is 1. The molecule has 0 bridgehead atoms. The van der Waals surface area contributed by atoms with Crippen LogP contribution in [-0.2, 0) is 20.7 Å². The Morgan fingerprint density at radius 1 is 1.08 bits per heavy atom. The third-order valence-corrected chi connectivity index (χ3v) is 3.18. The first-order valence-electron chi connectivity index (χ1n) is 8.44. The highest BCUT2D eigenvalue weighted by molar-refractivity contribution is 5.99. The van der Waals surface area contributed by atoms with E-state index in [1.807, 2.05) is 44.2 Å². The molecule has 1 aromatic carbocycles. The number of amides is 3. The van der Waals surface area contributed by atoms with Gasteiger partial charge in [0.25, 0.3) is 0 Å². The van der Waals surface area contributed by atoms with Crippen LogP contribution in [0.5, 0.6) is 0 Å². The van der Waals surface area contributed by atoms with Gasteiger partial charge in [0.1, 0.15) is 11.6 Å². The van der Waals surface area contributed by atoms with Crippen LogP contribution in [0.2, 0.25) is 0 Å². The predicted octanol–water partition coefficient (Wildman–Crippen LogP) is 2.81. The maximum atomic E-state index is 12.4. The third-order valence-electron chi connectivity index (χ3n) is 3.18. The van der Waals surface area contributed by atoms with Crippen LogP contribution in [0, 0.1) is 5.92 Å². The average molecular weight is 348 g/mol. The Morgan fingerprint density at radius 2 is 1.68 bits per heavy atom. The van der Waals surface area contributed by atoms with E-state index in [0.717, 1.165) is 5.56 Å². The molecule has 0 radical (unpaired) electrons. The zero-order chi connectivity index (χ0) is 19.0. The van der Waals surface area contributed by atoms with Gasteiger partial charge in [0.05, 0.1) is 6.42 Å². The average Bonchev–Trinajstić information content (AvgIpc) is 2.44. The first kappa shape index (κ1) is 20.7. The fourth-order valence-corrected chi connectivity index (χ4v) is 2.20. The largest absolute Gasteiger partial charge is 0.444 e. The number of rotatable bonds is 6. The van der Waals surface area contributed by atoms with E-state index >= 15 is 0 Å². The Bertz CT molecular complexity index is 591. The van der Waals surface area contributed by atoms with Gasteiger partial charge in [0, 0.05) is 0 Å². The van der Waals surface area contributed by atoms with Gasteiger partial charge < -0.3 is 10.1 Å². The Hall–Kier alpha value is -2.37. The van der Waals surface area contributed by atoms with Gasteiger partial charge in [0.15, 0.2) is 0 Å². The number of ether oxygens (including phenoxy) is 1. The minimum Gasteiger partial charge on any atom is -0.444 e. The molecule has 2 N–H and O–H groups in total. The molecule has 1 atom stereocenters. The highest BCUT2D eigenvalue weighted by atomic mass is 16.6. The molecule has 0 aliphatic rings.